The summed E-state index contributed by atoms with van der Waals surface area (Å²) in [6.07, 6.45) is 0.216. The van der Waals surface area contributed by atoms with Gasteiger partial charge in [-0.1, -0.05) is 26.0 Å². The molecule has 0 radical (unpaired) electrons. The first-order valence-corrected chi connectivity index (χ1v) is 5.85. The first-order valence-electron chi connectivity index (χ1n) is 5.41. The molecule has 1 aromatic rings. The van der Waals surface area contributed by atoms with Gasteiger partial charge in [-0.05, 0) is 37.5 Å². The molecule has 0 heterocycles. The van der Waals surface area contributed by atoms with Gasteiger partial charge < -0.3 is 4.74 Å². The van der Waals surface area contributed by atoms with Crippen LogP contribution < -0.4 is 4.74 Å². The zero-order valence-electron chi connectivity index (χ0n) is 9.83. The third-order valence-corrected chi connectivity index (χ3v) is 2.91. The number of benzene rings is 1. The lowest BCUT2D eigenvalue weighted by Crippen LogP contribution is -2.05. The van der Waals surface area contributed by atoms with Gasteiger partial charge in [0.2, 0.25) is 0 Å². The van der Waals surface area contributed by atoms with Crippen molar-refractivity contribution in [1.29, 1.82) is 0 Å². The molecule has 1 nitrogen and oxygen atoms in total. The zero-order chi connectivity index (χ0) is 11.4. The van der Waals surface area contributed by atoms with Crippen LogP contribution in [0.1, 0.15) is 38.6 Å². The van der Waals surface area contributed by atoms with Crippen molar-refractivity contribution in [3.63, 3.8) is 0 Å². The molecule has 0 spiro atoms. The van der Waals surface area contributed by atoms with E-state index in [2.05, 4.69) is 13.8 Å². The van der Waals surface area contributed by atoms with Gasteiger partial charge in [-0.3, -0.25) is 0 Å². The fraction of sp³-hybridized carbons (Fsp3) is 0.538. The second-order valence-corrected chi connectivity index (χ2v) is 4.85. The molecule has 0 saturated heterocycles. The van der Waals surface area contributed by atoms with Crippen LogP contribution in [-0.4, -0.2) is 6.10 Å². The third-order valence-electron chi connectivity index (χ3n) is 2.16. The maximum absolute atomic E-state index is 6.26. The van der Waals surface area contributed by atoms with Gasteiger partial charge >= 0.3 is 0 Å². The Morgan fingerprint density at radius 1 is 1.00 bits per heavy atom. The molecule has 1 aromatic carbocycles. The Balaban J connectivity index is 2.72. The molecule has 84 valence electrons. The highest BCUT2D eigenvalue weighted by molar-refractivity contribution is 6.20. The fourth-order valence-corrected chi connectivity index (χ4v) is 1.53. The van der Waals surface area contributed by atoms with Crippen LogP contribution in [0.4, 0.5) is 0 Å². The van der Waals surface area contributed by atoms with Gasteiger partial charge in [-0.15, -0.1) is 11.6 Å². The van der Waals surface area contributed by atoms with Crippen molar-refractivity contribution in [2.45, 2.75) is 39.2 Å². The van der Waals surface area contributed by atoms with Crippen molar-refractivity contribution in [2.24, 2.45) is 5.92 Å². The number of rotatable bonds is 4. The zero-order valence-corrected chi connectivity index (χ0v) is 10.6. The Hall–Kier alpha value is -0.690. The van der Waals surface area contributed by atoms with Crippen LogP contribution in [0.15, 0.2) is 24.3 Å². The summed E-state index contributed by atoms with van der Waals surface area (Å²) in [5.41, 5.74) is 1.16. The standard InChI is InChI=1S/C13H19ClO/c1-9(2)13(14)11-5-7-12(8-6-11)15-10(3)4/h5-10,13H,1-4H3. The maximum Gasteiger partial charge on any atom is 0.119 e. The third kappa shape index (κ3) is 3.75. The van der Waals surface area contributed by atoms with Crippen molar-refractivity contribution >= 4 is 11.6 Å². The molecule has 0 aromatic heterocycles. The maximum atomic E-state index is 6.26. The van der Waals surface area contributed by atoms with E-state index in [1.165, 1.54) is 0 Å². The molecule has 0 aliphatic carbocycles. The largest absolute Gasteiger partial charge is 0.491 e. The Bertz CT molecular complexity index is 290. The number of hydrogen-bond donors (Lipinski definition) is 0. The molecule has 1 rings (SSSR count). The monoisotopic (exact) mass is 226 g/mol. The van der Waals surface area contributed by atoms with Crippen molar-refractivity contribution in [3.05, 3.63) is 29.8 Å². The summed E-state index contributed by atoms with van der Waals surface area (Å²) < 4.78 is 5.57. The van der Waals surface area contributed by atoms with Gasteiger partial charge in [0.25, 0.3) is 0 Å². The highest BCUT2D eigenvalue weighted by atomic mass is 35.5. The SMILES string of the molecule is CC(C)Oc1ccc(C(Cl)C(C)C)cc1. The predicted molar refractivity (Wildman–Crippen MR) is 65.6 cm³/mol. The summed E-state index contributed by atoms with van der Waals surface area (Å²) in [6, 6.07) is 8.03. The smallest absolute Gasteiger partial charge is 0.119 e. The lowest BCUT2D eigenvalue weighted by molar-refractivity contribution is 0.242. The lowest BCUT2D eigenvalue weighted by atomic mass is 10.0. The number of ether oxygens (including phenoxy) is 1. The minimum atomic E-state index is 0.0816. The first kappa shape index (κ1) is 12.4. The predicted octanol–water partition coefficient (Wildman–Crippen LogP) is 4.41. The van der Waals surface area contributed by atoms with Crippen molar-refractivity contribution < 1.29 is 4.74 Å². The molecule has 0 aliphatic rings. The fourth-order valence-electron chi connectivity index (χ4n) is 1.39. The van der Waals surface area contributed by atoms with Crippen LogP contribution in [0.25, 0.3) is 0 Å². The van der Waals surface area contributed by atoms with Crippen LogP contribution >= 0.6 is 11.6 Å². The molecule has 15 heavy (non-hydrogen) atoms. The Morgan fingerprint density at radius 3 is 1.93 bits per heavy atom. The summed E-state index contributed by atoms with van der Waals surface area (Å²) in [5.74, 6) is 1.35. The molecule has 0 amide bonds. The second kappa shape index (κ2) is 5.41. The molecule has 0 fully saturated rings. The minimum Gasteiger partial charge on any atom is -0.491 e. The molecule has 1 atom stereocenters. The molecule has 0 aliphatic heterocycles. The number of hydrogen-bond acceptors (Lipinski definition) is 1. The lowest BCUT2D eigenvalue weighted by Gasteiger charge is -2.15. The molecule has 0 saturated carbocycles. The summed E-state index contributed by atoms with van der Waals surface area (Å²) in [4.78, 5) is 0. The van der Waals surface area contributed by atoms with E-state index in [-0.39, 0.29) is 11.5 Å². The van der Waals surface area contributed by atoms with Crippen LogP contribution in [0.2, 0.25) is 0 Å². The highest BCUT2D eigenvalue weighted by Crippen LogP contribution is 2.29. The van der Waals surface area contributed by atoms with E-state index >= 15 is 0 Å². The Morgan fingerprint density at radius 2 is 1.53 bits per heavy atom. The molecule has 0 bridgehead atoms. The van der Waals surface area contributed by atoms with Gasteiger partial charge in [0.1, 0.15) is 5.75 Å². The molecular weight excluding hydrogens is 208 g/mol. The van der Waals surface area contributed by atoms with Gasteiger partial charge in [-0.2, -0.15) is 0 Å². The van der Waals surface area contributed by atoms with Gasteiger partial charge in [0.05, 0.1) is 11.5 Å². The van der Waals surface area contributed by atoms with E-state index < -0.39 is 0 Å². The van der Waals surface area contributed by atoms with Crippen LogP contribution in [0.3, 0.4) is 0 Å². The Labute approximate surface area is 97.4 Å². The average Bonchev–Trinajstić information content (AvgIpc) is 2.17. The molecule has 0 N–H and O–H groups in total. The topological polar surface area (TPSA) is 9.23 Å². The van der Waals surface area contributed by atoms with Crippen LogP contribution in [0, 0.1) is 5.92 Å². The second-order valence-electron chi connectivity index (χ2n) is 4.38. The molecular formula is C13H19ClO. The van der Waals surface area contributed by atoms with Crippen molar-refractivity contribution in [3.8, 4) is 5.75 Å². The van der Waals surface area contributed by atoms with Crippen molar-refractivity contribution in [2.75, 3.05) is 0 Å². The van der Waals surface area contributed by atoms with Crippen molar-refractivity contribution in [1.82, 2.24) is 0 Å². The summed E-state index contributed by atoms with van der Waals surface area (Å²) in [6.45, 7) is 8.28. The highest BCUT2D eigenvalue weighted by Gasteiger charge is 2.11. The summed E-state index contributed by atoms with van der Waals surface area (Å²) in [7, 11) is 0. The van der Waals surface area contributed by atoms with E-state index in [1.54, 1.807) is 0 Å². The van der Waals surface area contributed by atoms with Crippen LogP contribution in [0.5, 0.6) is 5.75 Å². The van der Waals surface area contributed by atoms with E-state index in [1.807, 2.05) is 38.1 Å². The number of alkyl halides is 1. The van der Waals surface area contributed by atoms with E-state index in [0.717, 1.165) is 11.3 Å². The van der Waals surface area contributed by atoms with E-state index in [0.29, 0.717) is 5.92 Å². The quantitative estimate of drug-likeness (QED) is 0.691. The summed E-state index contributed by atoms with van der Waals surface area (Å²) >= 11 is 6.26. The van der Waals surface area contributed by atoms with E-state index in [4.69, 9.17) is 16.3 Å². The van der Waals surface area contributed by atoms with Gasteiger partial charge in [0.15, 0.2) is 0 Å². The van der Waals surface area contributed by atoms with Crippen LogP contribution in [-0.2, 0) is 0 Å². The normalized spacial score (nSPS) is 13.3. The summed E-state index contributed by atoms with van der Waals surface area (Å²) in [5, 5.41) is 0.0816. The first-order chi connectivity index (χ1) is 7.00. The van der Waals surface area contributed by atoms with Gasteiger partial charge in [-0.25, -0.2) is 0 Å². The Kier molecular flexibility index (Phi) is 4.46. The molecule has 2 heteroatoms. The minimum absolute atomic E-state index is 0.0816. The average molecular weight is 227 g/mol. The molecule has 1 unspecified atom stereocenters. The van der Waals surface area contributed by atoms with E-state index in [9.17, 15) is 0 Å². The number of halogens is 1. The van der Waals surface area contributed by atoms with Gasteiger partial charge in [0, 0.05) is 0 Å².